The molecule has 5 rings (SSSR count). The van der Waals surface area contributed by atoms with Crippen molar-refractivity contribution in [1.82, 2.24) is 34.9 Å². The molecule has 0 fully saturated rings. The lowest BCUT2D eigenvalue weighted by atomic mass is 10.1. The highest BCUT2D eigenvalue weighted by Gasteiger charge is 2.11. The SMILES string of the molecule is c1ccc(Sc2cnc3nnn(Cc4ccc5ncccc5c4)c3n2)nc1. The van der Waals surface area contributed by atoms with Gasteiger partial charge in [-0.2, -0.15) is 0 Å². The highest BCUT2D eigenvalue weighted by atomic mass is 32.2. The molecule has 0 amide bonds. The Morgan fingerprint density at radius 3 is 2.78 bits per heavy atom. The number of aromatic nitrogens is 7. The normalized spacial score (nSPS) is 11.3. The van der Waals surface area contributed by atoms with E-state index in [0.29, 0.717) is 17.8 Å². The van der Waals surface area contributed by atoms with Crippen LogP contribution in [0.1, 0.15) is 5.56 Å². The fourth-order valence-electron chi connectivity index (χ4n) is 2.81. The highest BCUT2D eigenvalue weighted by molar-refractivity contribution is 7.99. The Bertz CT molecular complexity index is 1240. The van der Waals surface area contributed by atoms with Gasteiger partial charge in [0.05, 0.1) is 18.3 Å². The average Bonchev–Trinajstić information content (AvgIpc) is 3.11. The molecule has 0 saturated heterocycles. The number of pyridine rings is 2. The molecule has 5 aromatic rings. The molecular formula is C19H13N7S. The summed E-state index contributed by atoms with van der Waals surface area (Å²) in [6, 6.07) is 15.9. The Balaban J connectivity index is 1.48. The van der Waals surface area contributed by atoms with Crippen LogP contribution in [-0.2, 0) is 6.54 Å². The van der Waals surface area contributed by atoms with Gasteiger partial charge in [0.15, 0.2) is 5.65 Å². The lowest BCUT2D eigenvalue weighted by molar-refractivity contribution is 0.663. The summed E-state index contributed by atoms with van der Waals surface area (Å²) in [4.78, 5) is 17.7. The van der Waals surface area contributed by atoms with Crippen LogP contribution in [0.2, 0.25) is 0 Å². The summed E-state index contributed by atoms with van der Waals surface area (Å²) in [5, 5.41) is 11.1. The summed E-state index contributed by atoms with van der Waals surface area (Å²) in [7, 11) is 0. The third kappa shape index (κ3) is 3.22. The molecule has 4 heterocycles. The zero-order valence-electron chi connectivity index (χ0n) is 14.1. The molecule has 0 radical (unpaired) electrons. The van der Waals surface area contributed by atoms with Crippen molar-refractivity contribution in [3.05, 3.63) is 72.7 Å². The topological polar surface area (TPSA) is 82.3 Å². The predicted molar refractivity (Wildman–Crippen MR) is 102 cm³/mol. The molecule has 7 nitrogen and oxygen atoms in total. The fraction of sp³-hybridized carbons (Fsp3) is 0.0526. The molecule has 0 spiro atoms. The van der Waals surface area contributed by atoms with E-state index in [1.54, 1.807) is 23.3 Å². The van der Waals surface area contributed by atoms with E-state index >= 15 is 0 Å². The molecule has 1 aromatic carbocycles. The van der Waals surface area contributed by atoms with E-state index in [-0.39, 0.29) is 0 Å². The minimum Gasteiger partial charge on any atom is -0.256 e. The van der Waals surface area contributed by atoms with Crippen LogP contribution < -0.4 is 0 Å². The first-order valence-electron chi connectivity index (χ1n) is 8.34. The molecule has 0 atom stereocenters. The largest absolute Gasteiger partial charge is 0.256 e. The van der Waals surface area contributed by atoms with Crippen LogP contribution in [0.15, 0.2) is 77.2 Å². The van der Waals surface area contributed by atoms with Crippen LogP contribution in [0.3, 0.4) is 0 Å². The van der Waals surface area contributed by atoms with E-state index < -0.39 is 0 Å². The molecule has 0 N–H and O–H groups in total. The summed E-state index contributed by atoms with van der Waals surface area (Å²) in [6.07, 6.45) is 5.25. The van der Waals surface area contributed by atoms with Crippen LogP contribution >= 0.6 is 11.8 Å². The van der Waals surface area contributed by atoms with Crippen molar-refractivity contribution in [2.24, 2.45) is 0 Å². The fourth-order valence-corrected chi connectivity index (χ4v) is 3.52. The third-order valence-electron chi connectivity index (χ3n) is 4.05. The Kier molecular flexibility index (Phi) is 3.95. The second-order valence-corrected chi connectivity index (χ2v) is 6.94. The van der Waals surface area contributed by atoms with Crippen molar-refractivity contribution < 1.29 is 0 Å². The number of hydrogen-bond acceptors (Lipinski definition) is 7. The number of benzene rings is 1. The number of hydrogen-bond donors (Lipinski definition) is 0. The number of nitrogens with zero attached hydrogens (tertiary/aromatic N) is 7. The lowest BCUT2D eigenvalue weighted by Gasteiger charge is -2.05. The molecule has 0 bridgehead atoms. The van der Waals surface area contributed by atoms with Crippen molar-refractivity contribution >= 4 is 34.0 Å². The van der Waals surface area contributed by atoms with Gasteiger partial charge in [-0.25, -0.2) is 19.6 Å². The molecule has 8 heteroatoms. The van der Waals surface area contributed by atoms with Gasteiger partial charge in [0.25, 0.3) is 0 Å². The monoisotopic (exact) mass is 371 g/mol. The lowest BCUT2D eigenvalue weighted by Crippen LogP contribution is -2.03. The van der Waals surface area contributed by atoms with Crippen molar-refractivity contribution in [3.8, 4) is 0 Å². The van der Waals surface area contributed by atoms with Gasteiger partial charge in [0, 0.05) is 17.8 Å². The van der Waals surface area contributed by atoms with Gasteiger partial charge in [0.2, 0.25) is 5.65 Å². The van der Waals surface area contributed by atoms with Crippen molar-refractivity contribution in [3.63, 3.8) is 0 Å². The zero-order valence-corrected chi connectivity index (χ0v) is 14.9. The average molecular weight is 371 g/mol. The molecule has 0 unspecified atom stereocenters. The van der Waals surface area contributed by atoms with Crippen LogP contribution in [0.25, 0.3) is 22.2 Å². The zero-order chi connectivity index (χ0) is 18.1. The maximum Gasteiger partial charge on any atom is 0.221 e. The summed E-state index contributed by atoms with van der Waals surface area (Å²) < 4.78 is 1.77. The molecule has 27 heavy (non-hydrogen) atoms. The van der Waals surface area contributed by atoms with Gasteiger partial charge in [-0.3, -0.25) is 4.98 Å². The van der Waals surface area contributed by atoms with Crippen LogP contribution in [0.4, 0.5) is 0 Å². The summed E-state index contributed by atoms with van der Waals surface area (Å²) >= 11 is 1.46. The Morgan fingerprint density at radius 2 is 1.85 bits per heavy atom. The van der Waals surface area contributed by atoms with Crippen LogP contribution in [-0.4, -0.2) is 34.9 Å². The molecule has 0 aliphatic heterocycles. The maximum absolute atomic E-state index is 4.68. The predicted octanol–water partition coefficient (Wildman–Crippen LogP) is 3.36. The van der Waals surface area contributed by atoms with E-state index in [1.807, 2.05) is 42.5 Å². The number of rotatable bonds is 4. The third-order valence-corrected chi connectivity index (χ3v) is 4.91. The summed E-state index contributed by atoms with van der Waals surface area (Å²) in [6.45, 7) is 0.563. The maximum atomic E-state index is 4.68. The van der Waals surface area contributed by atoms with E-state index in [4.69, 9.17) is 0 Å². The minimum absolute atomic E-state index is 0.530. The molecule has 4 aromatic heterocycles. The Morgan fingerprint density at radius 1 is 0.889 bits per heavy atom. The summed E-state index contributed by atoms with van der Waals surface area (Å²) in [5.74, 6) is 0. The smallest absolute Gasteiger partial charge is 0.221 e. The van der Waals surface area contributed by atoms with Crippen molar-refractivity contribution in [1.29, 1.82) is 0 Å². The van der Waals surface area contributed by atoms with Gasteiger partial charge in [0.1, 0.15) is 10.1 Å². The van der Waals surface area contributed by atoms with Gasteiger partial charge in [-0.1, -0.05) is 23.4 Å². The first-order valence-corrected chi connectivity index (χ1v) is 9.16. The molecule has 0 aliphatic carbocycles. The van der Waals surface area contributed by atoms with Crippen molar-refractivity contribution in [2.75, 3.05) is 0 Å². The quantitative estimate of drug-likeness (QED) is 0.479. The first-order chi connectivity index (χ1) is 13.3. The van der Waals surface area contributed by atoms with E-state index in [1.165, 1.54) is 11.8 Å². The van der Waals surface area contributed by atoms with E-state index in [9.17, 15) is 0 Å². The number of fused-ring (bicyclic) bond motifs is 2. The van der Waals surface area contributed by atoms with Gasteiger partial charge in [-0.15, -0.1) is 5.10 Å². The highest BCUT2D eigenvalue weighted by Crippen LogP contribution is 2.24. The molecule has 0 aliphatic rings. The Labute approximate surface area is 158 Å². The van der Waals surface area contributed by atoms with E-state index in [2.05, 4.69) is 36.3 Å². The van der Waals surface area contributed by atoms with Crippen LogP contribution in [0.5, 0.6) is 0 Å². The molecule has 0 saturated carbocycles. The first kappa shape index (κ1) is 15.8. The second kappa shape index (κ2) is 6.73. The molecule has 130 valence electrons. The second-order valence-electron chi connectivity index (χ2n) is 5.90. The van der Waals surface area contributed by atoms with Gasteiger partial charge >= 0.3 is 0 Å². The van der Waals surface area contributed by atoms with E-state index in [0.717, 1.165) is 26.5 Å². The standard InChI is InChI=1S/C19H13N7S/c1-2-8-21-16(5-1)27-17-11-22-18-19(23-17)26(25-24-18)12-13-6-7-15-14(10-13)4-3-9-20-15/h1-11H,12H2. The van der Waals surface area contributed by atoms with Gasteiger partial charge in [-0.05, 0) is 47.7 Å². The summed E-state index contributed by atoms with van der Waals surface area (Å²) in [5.41, 5.74) is 3.26. The minimum atomic E-state index is 0.530. The molecular weight excluding hydrogens is 358 g/mol. The van der Waals surface area contributed by atoms with Crippen molar-refractivity contribution in [2.45, 2.75) is 16.6 Å². The Hall–Kier alpha value is -3.39. The van der Waals surface area contributed by atoms with Crippen LogP contribution in [0, 0.1) is 0 Å². The van der Waals surface area contributed by atoms with Gasteiger partial charge < -0.3 is 0 Å².